The molecule has 3 nitrogen and oxygen atoms in total. The van der Waals surface area contributed by atoms with Crippen molar-refractivity contribution in [2.24, 2.45) is 0 Å². The second-order valence-corrected chi connectivity index (χ2v) is 15.4. The van der Waals surface area contributed by atoms with Gasteiger partial charge in [0.25, 0.3) is 0 Å². The molecule has 3 heteroatoms. The molecule has 1 heterocycles. The first-order chi connectivity index (χ1) is 27.5. The van der Waals surface area contributed by atoms with E-state index in [0.29, 0.717) is 0 Å². The topological polar surface area (TPSA) is 30.7 Å². The molecule has 9 aromatic carbocycles. The molecule has 0 saturated heterocycles. The summed E-state index contributed by atoms with van der Waals surface area (Å²) in [4.78, 5) is 0. The lowest BCUT2D eigenvalue weighted by atomic mass is 9.79. The van der Waals surface area contributed by atoms with Gasteiger partial charge in [-0.25, -0.2) is 0 Å². The third-order valence-electron chi connectivity index (χ3n) is 11.9. The smallest absolute Gasteiger partial charge is 0.168 e. The number of aromatic nitrogens is 3. The Hall–Kier alpha value is -7.10. The molecule has 1 aromatic heterocycles. The van der Waals surface area contributed by atoms with Crippen molar-refractivity contribution < 1.29 is 0 Å². The molecule has 1 aliphatic carbocycles. The van der Waals surface area contributed by atoms with Gasteiger partial charge in [0, 0.05) is 22.2 Å². The van der Waals surface area contributed by atoms with E-state index in [2.05, 4.69) is 182 Å². The zero-order chi connectivity index (χ0) is 37.4. The first kappa shape index (κ1) is 32.3. The van der Waals surface area contributed by atoms with Crippen molar-refractivity contribution >= 4 is 32.3 Å². The predicted molar refractivity (Wildman–Crippen MR) is 233 cm³/mol. The maximum absolute atomic E-state index is 4.80. The van der Waals surface area contributed by atoms with E-state index in [4.69, 9.17) is 10.2 Å². The molecule has 0 amide bonds. The van der Waals surface area contributed by atoms with Crippen LogP contribution in [0, 0.1) is 0 Å². The number of hydrogen-bond acceptors (Lipinski definition) is 2. The number of benzene rings is 9. The fourth-order valence-corrected chi connectivity index (χ4v) is 9.19. The highest BCUT2D eigenvalue weighted by molar-refractivity contribution is 6.23. The van der Waals surface area contributed by atoms with Crippen molar-refractivity contribution in [2.45, 2.75) is 19.3 Å². The maximum atomic E-state index is 4.80. The maximum Gasteiger partial charge on any atom is 0.168 e. The third-order valence-corrected chi connectivity index (χ3v) is 11.9. The molecule has 0 bridgehead atoms. The summed E-state index contributed by atoms with van der Waals surface area (Å²) in [6.07, 6.45) is 0. The van der Waals surface area contributed by atoms with Crippen LogP contribution in [0.25, 0.3) is 94.2 Å². The normalized spacial score (nSPS) is 13.0. The highest BCUT2D eigenvalue weighted by atomic mass is 15.3. The first-order valence-corrected chi connectivity index (χ1v) is 19.3. The quantitative estimate of drug-likeness (QED) is 0.166. The van der Waals surface area contributed by atoms with E-state index in [1.807, 2.05) is 24.3 Å². The van der Waals surface area contributed by atoms with E-state index in [-0.39, 0.29) is 5.41 Å². The first-order valence-electron chi connectivity index (χ1n) is 19.3. The van der Waals surface area contributed by atoms with Crippen LogP contribution in [-0.2, 0) is 5.41 Å². The van der Waals surface area contributed by atoms with Crippen molar-refractivity contribution in [3.05, 3.63) is 199 Å². The van der Waals surface area contributed by atoms with Crippen molar-refractivity contribution in [2.75, 3.05) is 0 Å². The minimum Gasteiger partial charge on any atom is -0.275 e. The fraction of sp³-hybridized carbons (Fsp3) is 0.0566. The minimum atomic E-state index is -0.131. The van der Waals surface area contributed by atoms with E-state index < -0.39 is 0 Å². The highest BCUT2D eigenvalue weighted by Crippen LogP contribution is 2.53. The largest absolute Gasteiger partial charge is 0.275 e. The Morgan fingerprint density at radius 2 is 0.911 bits per heavy atom. The fourth-order valence-electron chi connectivity index (χ4n) is 9.19. The summed E-state index contributed by atoms with van der Waals surface area (Å²) in [5.74, 6) is 1.62. The summed E-state index contributed by atoms with van der Waals surface area (Å²) in [5, 5.41) is 17.0. The molecular weight excluding hydrogens is 679 g/mol. The van der Waals surface area contributed by atoms with Crippen LogP contribution in [0.15, 0.2) is 188 Å². The third kappa shape index (κ3) is 4.91. The molecule has 0 spiro atoms. The SMILES string of the molecule is CC1(C)c2ccccc2-c2cc3c(-c4ccc5ccccc5c4)c4ccccc4c(-c4ccc(-c5nnc(-c6ccccc6)n5-c5ccccc5)cc4)c3cc21. The van der Waals surface area contributed by atoms with E-state index in [9.17, 15) is 0 Å². The van der Waals surface area contributed by atoms with Crippen molar-refractivity contribution in [3.63, 3.8) is 0 Å². The molecule has 56 heavy (non-hydrogen) atoms. The summed E-state index contributed by atoms with van der Waals surface area (Å²) in [6, 6.07) is 68.1. The minimum absolute atomic E-state index is 0.131. The summed E-state index contributed by atoms with van der Waals surface area (Å²) in [6.45, 7) is 4.74. The Morgan fingerprint density at radius 1 is 0.375 bits per heavy atom. The van der Waals surface area contributed by atoms with Gasteiger partial charge in [-0.1, -0.05) is 172 Å². The summed E-state index contributed by atoms with van der Waals surface area (Å²) in [5.41, 5.74) is 13.2. The molecule has 0 saturated carbocycles. The standard InChI is InChI=1S/C53H37N3/c1-53(2)47-24-14-13-21-41(47)44-32-45-46(33-48(44)53)49(42-22-11-12-23-43(42)50(45)39-30-25-34-15-9-10-18-38(34)31-39)35-26-28-37(29-27-35)52-55-54-51(36-16-5-3-6-17-36)56(52)40-19-7-4-8-20-40/h3-33H,1-2H3. The van der Waals surface area contributed by atoms with Crippen LogP contribution in [0.3, 0.4) is 0 Å². The lowest BCUT2D eigenvalue weighted by molar-refractivity contribution is 0.661. The predicted octanol–water partition coefficient (Wildman–Crippen LogP) is 13.7. The molecule has 0 atom stereocenters. The van der Waals surface area contributed by atoms with Gasteiger partial charge in [0.05, 0.1) is 0 Å². The van der Waals surface area contributed by atoms with Gasteiger partial charge in [0.2, 0.25) is 0 Å². The molecule has 0 N–H and O–H groups in total. The van der Waals surface area contributed by atoms with Gasteiger partial charge in [-0.2, -0.15) is 0 Å². The van der Waals surface area contributed by atoms with Crippen LogP contribution >= 0.6 is 0 Å². The van der Waals surface area contributed by atoms with Crippen LogP contribution in [0.4, 0.5) is 0 Å². The number of rotatable bonds is 5. The van der Waals surface area contributed by atoms with Crippen molar-refractivity contribution in [1.82, 2.24) is 14.8 Å². The second kappa shape index (κ2) is 12.5. The molecule has 0 aliphatic heterocycles. The Kier molecular flexibility index (Phi) is 7.20. The van der Waals surface area contributed by atoms with Gasteiger partial charge in [0.1, 0.15) is 0 Å². The molecule has 0 fully saturated rings. The Balaban J connectivity index is 1.16. The Morgan fingerprint density at radius 3 is 1.64 bits per heavy atom. The molecule has 0 unspecified atom stereocenters. The van der Waals surface area contributed by atoms with Crippen LogP contribution in [0.2, 0.25) is 0 Å². The molecule has 11 rings (SSSR count). The zero-order valence-corrected chi connectivity index (χ0v) is 31.2. The van der Waals surface area contributed by atoms with Crippen molar-refractivity contribution in [1.29, 1.82) is 0 Å². The molecule has 1 aliphatic rings. The summed E-state index contributed by atoms with van der Waals surface area (Å²) in [7, 11) is 0. The van der Waals surface area contributed by atoms with Gasteiger partial charge < -0.3 is 0 Å². The molecule has 264 valence electrons. The number of fused-ring (bicyclic) bond motifs is 6. The summed E-state index contributed by atoms with van der Waals surface area (Å²) < 4.78 is 2.16. The highest BCUT2D eigenvalue weighted by Gasteiger charge is 2.36. The van der Waals surface area contributed by atoms with E-state index in [1.54, 1.807) is 0 Å². The van der Waals surface area contributed by atoms with Gasteiger partial charge >= 0.3 is 0 Å². The van der Waals surface area contributed by atoms with Gasteiger partial charge in [-0.15, -0.1) is 10.2 Å². The van der Waals surface area contributed by atoms with Crippen LogP contribution in [-0.4, -0.2) is 14.8 Å². The molecule has 0 radical (unpaired) electrons. The second-order valence-electron chi connectivity index (χ2n) is 15.4. The number of hydrogen-bond donors (Lipinski definition) is 0. The lowest BCUT2D eigenvalue weighted by Crippen LogP contribution is -2.14. The Labute approximate surface area is 326 Å². The van der Waals surface area contributed by atoms with E-state index in [1.165, 1.54) is 76.8 Å². The lowest BCUT2D eigenvalue weighted by Gasteiger charge is -2.24. The Bertz CT molecular complexity index is 3140. The number of para-hydroxylation sites is 1. The van der Waals surface area contributed by atoms with Crippen LogP contribution in [0.1, 0.15) is 25.0 Å². The van der Waals surface area contributed by atoms with Crippen LogP contribution < -0.4 is 0 Å². The monoisotopic (exact) mass is 715 g/mol. The number of nitrogens with zero attached hydrogens (tertiary/aromatic N) is 3. The average molecular weight is 716 g/mol. The van der Waals surface area contributed by atoms with E-state index >= 15 is 0 Å². The summed E-state index contributed by atoms with van der Waals surface area (Å²) >= 11 is 0. The molecular formula is C53H37N3. The van der Waals surface area contributed by atoms with Gasteiger partial charge in [-0.05, 0) is 107 Å². The van der Waals surface area contributed by atoms with E-state index in [0.717, 1.165) is 28.5 Å². The van der Waals surface area contributed by atoms with Gasteiger partial charge in [-0.3, -0.25) is 4.57 Å². The van der Waals surface area contributed by atoms with Crippen LogP contribution in [0.5, 0.6) is 0 Å². The van der Waals surface area contributed by atoms with Crippen molar-refractivity contribution in [3.8, 4) is 61.8 Å². The average Bonchev–Trinajstić information content (AvgIpc) is 3.79. The molecule has 10 aromatic rings. The zero-order valence-electron chi connectivity index (χ0n) is 31.2. The van der Waals surface area contributed by atoms with Gasteiger partial charge in [0.15, 0.2) is 11.6 Å².